The van der Waals surface area contributed by atoms with E-state index < -0.39 is 5.63 Å². The third-order valence-corrected chi connectivity index (χ3v) is 5.13. The Morgan fingerprint density at radius 2 is 2.04 bits per heavy atom. The van der Waals surface area contributed by atoms with Gasteiger partial charge in [-0.15, -0.1) is 0 Å². The lowest BCUT2D eigenvalue weighted by Crippen LogP contribution is -2.26. The summed E-state index contributed by atoms with van der Waals surface area (Å²) in [5.41, 5.74) is 1.97. The van der Waals surface area contributed by atoms with Gasteiger partial charge in [-0.1, -0.05) is 41.9 Å². The van der Waals surface area contributed by atoms with E-state index in [0.717, 1.165) is 30.6 Å². The van der Waals surface area contributed by atoms with Crippen LogP contribution in [0.5, 0.6) is 5.75 Å². The van der Waals surface area contributed by atoms with Gasteiger partial charge < -0.3 is 19.6 Å². The zero-order valence-corrected chi connectivity index (χ0v) is 15.5. The second kappa shape index (κ2) is 7.72. The molecule has 1 aliphatic heterocycles. The number of benzene rings is 2. The molecule has 0 bridgehead atoms. The van der Waals surface area contributed by atoms with E-state index in [9.17, 15) is 9.90 Å². The quantitative estimate of drug-likeness (QED) is 0.647. The average Bonchev–Trinajstić information content (AvgIpc) is 3.19. The minimum Gasteiger partial charge on any atom is -0.506 e. The summed E-state index contributed by atoms with van der Waals surface area (Å²) in [4.78, 5) is 12.2. The van der Waals surface area contributed by atoms with E-state index in [1.165, 1.54) is 6.07 Å². The molecule has 2 heterocycles. The molecule has 0 radical (unpaired) electrons. The topological polar surface area (TPSA) is 71.7 Å². The van der Waals surface area contributed by atoms with E-state index in [1.807, 2.05) is 30.3 Å². The van der Waals surface area contributed by atoms with Crippen LogP contribution in [0, 0.1) is 0 Å². The first-order chi connectivity index (χ1) is 13.1. The van der Waals surface area contributed by atoms with Crippen molar-refractivity contribution >= 4 is 22.6 Å². The molecule has 1 saturated heterocycles. The summed E-state index contributed by atoms with van der Waals surface area (Å²) in [5.74, 6) is -0.0719. The summed E-state index contributed by atoms with van der Waals surface area (Å²) in [6.07, 6.45) is 2.25. The standard InChI is InChI=1S/C21H20ClNO4/c22-18-9-16-15(13-5-2-1-3-6-13)10-19(24)27-21(16)17(20(18)25)12-23-11-14-7-4-8-26-14/h1-3,5-6,9-10,14,23,25H,4,7-8,11-12H2/t14-/m0/s1. The first-order valence-corrected chi connectivity index (χ1v) is 9.37. The fourth-order valence-electron chi connectivity index (χ4n) is 3.50. The van der Waals surface area contributed by atoms with Gasteiger partial charge in [-0.25, -0.2) is 4.79 Å². The number of hydrogen-bond acceptors (Lipinski definition) is 5. The molecule has 5 nitrogen and oxygen atoms in total. The maximum Gasteiger partial charge on any atom is 0.336 e. The second-order valence-corrected chi connectivity index (χ2v) is 7.08. The van der Waals surface area contributed by atoms with Gasteiger partial charge in [0.2, 0.25) is 0 Å². The summed E-state index contributed by atoms with van der Waals surface area (Å²) in [6.45, 7) is 1.77. The van der Waals surface area contributed by atoms with Crippen LogP contribution in [-0.2, 0) is 11.3 Å². The molecule has 2 aromatic carbocycles. The number of phenols is 1. The number of fused-ring (bicyclic) bond motifs is 1. The molecule has 0 unspecified atom stereocenters. The Kier molecular flexibility index (Phi) is 5.16. The smallest absolute Gasteiger partial charge is 0.336 e. The zero-order valence-electron chi connectivity index (χ0n) is 14.7. The van der Waals surface area contributed by atoms with Crippen LogP contribution in [0.3, 0.4) is 0 Å². The van der Waals surface area contributed by atoms with Crippen molar-refractivity contribution in [2.24, 2.45) is 0 Å². The van der Waals surface area contributed by atoms with Crippen LogP contribution in [-0.4, -0.2) is 24.4 Å². The highest BCUT2D eigenvalue weighted by Gasteiger charge is 2.19. The molecule has 1 atom stereocenters. The highest BCUT2D eigenvalue weighted by molar-refractivity contribution is 6.33. The van der Waals surface area contributed by atoms with E-state index in [0.29, 0.717) is 29.6 Å². The largest absolute Gasteiger partial charge is 0.506 e. The Labute approximate surface area is 161 Å². The number of phenolic OH excluding ortho intramolecular Hbond substituents is 1. The summed E-state index contributed by atoms with van der Waals surface area (Å²) < 4.78 is 11.1. The van der Waals surface area contributed by atoms with Crippen molar-refractivity contribution in [1.82, 2.24) is 5.32 Å². The second-order valence-electron chi connectivity index (χ2n) is 6.67. The molecule has 2 N–H and O–H groups in total. The van der Waals surface area contributed by atoms with Gasteiger partial charge in [-0.05, 0) is 30.0 Å². The molecule has 1 aromatic heterocycles. The molecule has 0 saturated carbocycles. The fraction of sp³-hybridized carbons (Fsp3) is 0.286. The molecular weight excluding hydrogens is 366 g/mol. The maximum absolute atomic E-state index is 12.2. The van der Waals surface area contributed by atoms with Crippen molar-refractivity contribution in [1.29, 1.82) is 0 Å². The van der Waals surface area contributed by atoms with Crippen molar-refractivity contribution in [2.75, 3.05) is 13.2 Å². The van der Waals surface area contributed by atoms with Gasteiger partial charge >= 0.3 is 5.63 Å². The monoisotopic (exact) mass is 385 g/mol. The van der Waals surface area contributed by atoms with Gasteiger partial charge in [0, 0.05) is 31.1 Å². The van der Waals surface area contributed by atoms with Gasteiger partial charge in [0.1, 0.15) is 11.3 Å². The number of ether oxygens (including phenoxy) is 1. The third-order valence-electron chi connectivity index (χ3n) is 4.84. The molecule has 4 rings (SSSR count). The number of halogens is 1. The lowest BCUT2D eigenvalue weighted by Gasteiger charge is -2.15. The van der Waals surface area contributed by atoms with Gasteiger partial charge in [0.15, 0.2) is 0 Å². The van der Waals surface area contributed by atoms with E-state index in [1.54, 1.807) is 6.07 Å². The summed E-state index contributed by atoms with van der Waals surface area (Å²) in [6, 6.07) is 12.7. The Hall–Kier alpha value is -2.34. The van der Waals surface area contributed by atoms with Crippen LogP contribution in [0.25, 0.3) is 22.1 Å². The van der Waals surface area contributed by atoms with Crippen LogP contribution in [0.4, 0.5) is 0 Å². The minimum atomic E-state index is -0.469. The molecule has 27 heavy (non-hydrogen) atoms. The summed E-state index contributed by atoms with van der Waals surface area (Å²) in [5, 5.41) is 14.7. The van der Waals surface area contributed by atoms with Crippen LogP contribution in [0.1, 0.15) is 18.4 Å². The fourth-order valence-corrected chi connectivity index (χ4v) is 3.72. The van der Waals surface area contributed by atoms with E-state index in [4.69, 9.17) is 20.8 Å². The van der Waals surface area contributed by atoms with E-state index >= 15 is 0 Å². The van der Waals surface area contributed by atoms with Crippen molar-refractivity contribution in [3.63, 3.8) is 0 Å². The predicted molar refractivity (Wildman–Crippen MR) is 105 cm³/mol. The number of hydrogen-bond donors (Lipinski definition) is 2. The van der Waals surface area contributed by atoms with Crippen LogP contribution in [0.2, 0.25) is 5.02 Å². The molecule has 1 fully saturated rings. The lowest BCUT2D eigenvalue weighted by molar-refractivity contribution is 0.110. The molecule has 140 valence electrons. The van der Waals surface area contributed by atoms with Crippen molar-refractivity contribution < 1.29 is 14.3 Å². The Morgan fingerprint density at radius 3 is 2.78 bits per heavy atom. The number of rotatable bonds is 5. The predicted octanol–water partition coefficient (Wildman–Crippen LogP) is 4.09. The molecule has 0 spiro atoms. The highest BCUT2D eigenvalue weighted by Crippen LogP contribution is 2.38. The van der Waals surface area contributed by atoms with Crippen molar-refractivity contribution in [3.05, 3.63) is 63.5 Å². The van der Waals surface area contributed by atoms with E-state index in [2.05, 4.69) is 5.32 Å². The summed E-state index contributed by atoms with van der Waals surface area (Å²) >= 11 is 6.28. The van der Waals surface area contributed by atoms with E-state index in [-0.39, 0.29) is 16.9 Å². The third kappa shape index (κ3) is 3.72. The highest BCUT2D eigenvalue weighted by atomic mass is 35.5. The van der Waals surface area contributed by atoms with Crippen LogP contribution >= 0.6 is 11.6 Å². The van der Waals surface area contributed by atoms with Crippen molar-refractivity contribution in [3.8, 4) is 16.9 Å². The van der Waals surface area contributed by atoms with Gasteiger partial charge in [-0.3, -0.25) is 0 Å². The lowest BCUT2D eigenvalue weighted by atomic mass is 9.99. The minimum absolute atomic E-state index is 0.0719. The SMILES string of the molecule is O=c1cc(-c2ccccc2)c2cc(Cl)c(O)c(CNC[C@@H]3CCCO3)c2o1. The maximum atomic E-state index is 12.2. The van der Waals surface area contributed by atoms with Gasteiger partial charge in [0.25, 0.3) is 0 Å². The van der Waals surface area contributed by atoms with Gasteiger partial charge in [-0.2, -0.15) is 0 Å². The average molecular weight is 386 g/mol. The van der Waals surface area contributed by atoms with Crippen LogP contribution in [0.15, 0.2) is 51.7 Å². The molecule has 0 amide bonds. The molecule has 0 aliphatic carbocycles. The van der Waals surface area contributed by atoms with Crippen molar-refractivity contribution in [2.45, 2.75) is 25.5 Å². The Morgan fingerprint density at radius 1 is 1.22 bits per heavy atom. The number of aromatic hydroxyl groups is 1. The molecular formula is C21H20ClNO4. The zero-order chi connectivity index (χ0) is 18.8. The molecule has 1 aliphatic rings. The molecule has 6 heteroatoms. The Balaban J connectivity index is 1.77. The van der Waals surface area contributed by atoms with Crippen LogP contribution < -0.4 is 10.9 Å². The number of nitrogens with one attached hydrogen (secondary N) is 1. The summed E-state index contributed by atoms with van der Waals surface area (Å²) in [7, 11) is 0. The van der Waals surface area contributed by atoms with Gasteiger partial charge in [0.05, 0.1) is 16.7 Å². The first-order valence-electron chi connectivity index (χ1n) is 8.99. The normalized spacial score (nSPS) is 16.9. The Bertz CT molecular complexity index is 1010. The molecule has 3 aromatic rings. The first kappa shape index (κ1) is 18.0.